The number of rotatable bonds is 2. The predicted octanol–water partition coefficient (Wildman–Crippen LogP) is 2.17. The Morgan fingerprint density at radius 3 is 2.65 bits per heavy atom. The van der Waals surface area contributed by atoms with Gasteiger partial charge in [-0.3, -0.25) is 4.98 Å². The van der Waals surface area contributed by atoms with E-state index in [2.05, 4.69) is 4.98 Å². The first kappa shape index (κ1) is 11.1. The lowest BCUT2D eigenvalue weighted by molar-refractivity contribution is 0.0697. The van der Waals surface area contributed by atoms with Gasteiger partial charge in [-0.1, -0.05) is 18.2 Å². The molecule has 2 aromatic rings. The average Bonchev–Trinajstić information content (AvgIpc) is 2.30. The first-order chi connectivity index (χ1) is 8.11. The number of hydrogen-bond donors (Lipinski definition) is 2. The van der Waals surface area contributed by atoms with Gasteiger partial charge in [-0.2, -0.15) is 0 Å². The molecule has 1 aromatic heterocycles. The quantitative estimate of drug-likeness (QED) is 0.831. The van der Waals surface area contributed by atoms with Crippen LogP contribution in [0.2, 0.25) is 0 Å². The van der Waals surface area contributed by atoms with Crippen LogP contribution >= 0.6 is 0 Å². The summed E-state index contributed by atoms with van der Waals surface area (Å²) in [5.74, 6) is -1.71. The molecule has 0 aliphatic rings. The third kappa shape index (κ3) is 1.94. The van der Waals surface area contributed by atoms with Crippen LogP contribution in [0.1, 0.15) is 10.4 Å². The summed E-state index contributed by atoms with van der Waals surface area (Å²) in [4.78, 5) is 14.7. The lowest BCUT2D eigenvalue weighted by atomic mass is 9.99. The zero-order chi connectivity index (χ0) is 12.4. The first-order valence-electron chi connectivity index (χ1n) is 4.83. The molecular formula is C12H9FN2O2. The largest absolute Gasteiger partial charge is 0.478 e. The van der Waals surface area contributed by atoms with Crippen molar-refractivity contribution in [1.29, 1.82) is 0 Å². The summed E-state index contributed by atoms with van der Waals surface area (Å²) in [6, 6.07) is 5.87. The second-order valence-electron chi connectivity index (χ2n) is 3.44. The van der Waals surface area contributed by atoms with E-state index >= 15 is 0 Å². The molecule has 86 valence electrons. The second kappa shape index (κ2) is 4.21. The molecular weight excluding hydrogens is 223 g/mol. The normalized spacial score (nSPS) is 10.2. The fraction of sp³-hybridized carbons (Fsp3) is 0. The van der Waals surface area contributed by atoms with Crippen molar-refractivity contribution >= 4 is 11.7 Å². The molecule has 1 aromatic carbocycles. The highest BCUT2D eigenvalue weighted by molar-refractivity contribution is 5.99. The van der Waals surface area contributed by atoms with Gasteiger partial charge in [-0.15, -0.1) is 0 Å². The molecule has 0 amide bonds. The van der Waals surface area contributed by atoms with Crippen LogP contribution in [-0.2, 0) is 0 Å². The maximum atomic E-state index is 13.6. The van der Waals surface area contributed by atoms with E-state index in [1.807, 2.05) is 0 Å². The second-order valence-corrected chi connectivity index (χ2v) is 3.44. The molecule has 17 heavy (non-hydrogen) atoms. The minimum atomic E-state index is -1.19. The van der Waals surface area contributed by atoms with Crippen molar-refractivity contribution in [3.05, 3.63) is 48.0 Å². The first-order valence-corrected chi connectivity index (χ1v) is 4.83. The number of aromatic carboxylic acids is 1. The molecule has 0 aliphatic carbocycles. The Kier molecular flexibility index (Phi) is 2.74. The van der Waals surface area contributed by atoms with E-state index in [4.69, 9.17) is 10.8 Å². The number of benzene rings is 1. The molecule has 0 fully saturated rings. The van der Waals surface area contributed by atoms with Crippen molar-refractivity contribution in [3.8, 4) is 11.1 Å². The number of anilines is 1. The van der Waals surface area contributed by atoms with Gasteiger partial charge in [-0.25, -0.2) is 9.18 Å². The summed E-state index contributed by atoms with van der Waals surface area (Å²) in [5, 5.41) is 9.02. The zero-order valence-corrected chi connectivity index (χ0v) is 8.72. The molecule has 0 spiro atoms. The highest BCUT2D eigenvalue weighted by Crippen LogP contribution is 2.30. The van der Waals surface area contributed by atoms with Crippen molar-refractivity contribution in [3.63, 3.8) is 0 Å². The third-order valence-electron chi connectivity index (χ3n) is 2.35. The van der Waals surface area contributed by atoms with Gasteiger partial charge in [0.05, 0.1) is 17.4 Å². The lowest BCUT2D eigenvalue weighted by Gasteiger charge is -2.09. The molecule has 5 heteroatoms. The number of pyridine rings is 1. The van der Waals surface area contributed by atoms with Gasteiger partial charge in [0, 0.05) is 17.3 Å². The maximum Gasteiger partial charge on any atom is 0.337 e. The molecule has 0 radical (unpaired) electrons. The Bertz CT molecular complexity index is 584. The van der Waals surface area contributed by atoms with Gasteiger partial charge in [0.15, 0.2) is 0 Å². The minimum Gasteiger partial charge on any atom is -0.478 e. The van der Waals surface area contributed by atoms with E-state index in [-0.39, 0.29) is 22.4 Å². The Morgan fingerprint density at radius 1 is 1.29 bits per heavy atom. The van der Waals surface area contributed by atoms with Crippen LogP contribution in [0.4, 0.5) is 10.1 Å². The number of nitrogen functional groups attached to an aromatic ring is 1. The topological polar surface area (TPSA) is 76.2 Å². The standard InChI is InChI=1S/C12H9FN2O2/c13-9-4-2-1-3-7(9)11-8(12(16)17)5-15-6-10(11)14/h1-6H,14H2,(H,16,17). The fourth-order valence-electron chi connectivity index (χ4n) is 1.60. The van der Waals surface area contributed by atoms with Crippen molar-refractivity contribution in [2.45, 2.75) is 0 Å². The zero-order valence-electron chi connectivity index (χ0n) is 8.72. The number of carboxylic acid groups (broad SMARTS) is 1. The Labute approximate surface area is 96.5 Å². The van der Waals surface area contributed by atoms with Gasteiger partial charge in [0.2, 0.25) is 0 Å². The summed E-state index contributed by atoms with van der Waals surface area (Å²) in [7, 11) is 0. The SMILES string of the molecule is Nc1cncc(C(=O)O)c1-c1ccccc1F. The number of aromatic nitrogens is 1. The van der Waals surface area contributed by atoms with Crippen LogP contribution in [0, 0.1) is 5.82 Å². The fourth-order valence-corrected chi connectivity index (χ4v) is 1.60. The van der Waals surface area contributed by atoms with E-state index in [9.17, 15) is 9.18 Å². The Hall–Kier alpha value is -2.43. The van der Waals surface area contributed by atoms with Gasteiger partial charge < -0.3 is 10.8 Å². The maximum absolute atomic E-state index is 13.6. The van der Waals surface area contributed by atoms with Crippen LogP contribution in [0.25, 0.3) is 11.1 Å². The smallest absolute Gasteiger partial charge is 0.337 e. The Balaban J connectivity index is 2.75. The average molecular weight is 232 g/mol. The van der Waals surface area contributed by atoms with Crippen molar-refractivity contribution in [2.75, 3.05) is 5.73 Å². The van der Waals surface area contributed by atoms with E-state index in [0.717, 1.165) is 6.20 Å². The molecule has 0 unspecified atom stereocenters. The van der Waals surface area contributed by atoms with Crippen LogP contribution in [-0.4, -0.2) is 16.1 Å². The van der Waals surface area contributed by atoms with Crippen LogP contribution < -0.4 is 5.73 Å². The van der Waals surface area contributed by atoms with Crippen LogP contribution in [0.3, 0.4) is 0 Å². The summed E-state index contributed by atoms with van der Waals surface area (Å²) < 4.78 is 13.6. The van der Waals surface area contributed by atoms with E-state index in [0.29, 0.717) is 0 Å². The number of carboxylic acids is 1. The molecule has 0 saturated heterocycles. The number of nitrogens with two attached hydrogens (primary N) is 1. The molecule has 1 heterocycles. The molecule has 2 rings (SSSR count). The van der Waals surface area contributed by atoms with E-state index < -0.39 is 11.8 Å². The van der Waals surface area contributed by atoms with Gasteiger partial charge >= 0.3 is 5.97 Å². The molecule has 3 N–H and O–H groups in total. The molecule has 4 nitrogen and oxygen atoms in total. The number of nitrogens with zero attached hydrogens (tertiary/aromatic N) is 1. The number of carbonyl (C=O) groups is 1. The van der Waals surface area contributed by atoms with Crippen molar-refractivity contribution in [1.82, 2.24) is 4.98 Å². The van der Waals surface area contributed by atoms with Gasteiger partial charge in [-0.05, 0) is 6.07 Å². The lowest BCUT2D eigenvalue weighted by Crippen LogP contribution is -2.04. The van der Waals surface area contributed by atoms with Crippen molar-refractivity contribution < 1.29 is 14.3 Å². The summed E-state index contributed by atoms with van der Waals surface area (Å²) in [6.07, 6.45) is 2.45. The molecule has 0 bridgehead atoms. The monoisotopic (exact) mass is 232 g/mol. The molecule has 0 saturated carbocycles. The van der Waals surface area contributed by atoms with E-state index in [1.165, 1.54) is 24.4 Å². The summed E-state index contributed by atoms with van der Waals surface area (Å²) in [5.41, 5.74) is 6.00. The van der Waals surface area contributed by atoms with Crippen LogP contribution in [0.15, 0.2) is 36.7 Å². The summed E-state index contributed by atoms with van der Waals surface area (Å²) in [6.45, 7) is 0. The molecule has 0 atom stereocenters. The van der Waals surface area contributed by atoms with Gasteiger partial charge in [0.25, 0.3) is 0 Å². The summed E-state index contributed by atoms with van der Waals surface area (Å²) >= 11 is 0. The number of hydrogen-bond acceptors (Lipinski definition) is 3. The third-order valence-corrected chi connectivity index (χ3v) is 2.35. The minimum absolute atomic E-state index is 0.116. The van der Waals surface area contributed by atoms with Crippen molar-refractivity contribution in [2.24, 2.45) is 0 Å². The Morgan fingerprint density at radius 2 is 2.00 bits per heavy atom. The highest BCUT2D eigenvalue weighted by atomic mass is 19.1. The molecule has 0 aliphatic heterocycles. The number of halogens is 1. The van der Waals surface area contributed by atoms with Gasteiger partial charge in [0.1, 0.15) is 5.82 Å². The predicted molar refractivity (Wildman–Crippen MR) is 61.0 cm³/mol. The van der Waals surface area contributed by atoms with Crippen LogP contribution in [0.5, 0.6) is 0 Å². The highest BCUT2D eigenvalue weighted by Gasteiger charge is 2.17. The van der Waals surface area contributed by atoms with E-state index in [1.54, 1.807) is 6.07 Å².